The monoisotopic (exact) mass is 485 g/mol. The van der Waals surface area contributed by atoms with Gasteiger partial charge in [-0.05, 0) is 30.7 Å². The number of benzene rings is 2. The summed E-state index contributed by atoms with van der Waals surface area (Å²) in [7, 11) is 6.06. The number of carbonyl (C=O) groups excluding carboxylic acids is 2. The lowest BCUT2D eigenvalue weighted by Crippen LogP contribution is -2.27. The van der Waals surface area contributed by atoms with Gasteiger partial charge in [0.15, 0.2) is 17.3 Å². The number of amides is 2. The van der Waals surface area contributed by atoms with Crippen LogP contribution in [0.3, 0.4) is 0 Å². The second-order valence-electron chi connectivity index (χ2n) is 7.18. The fourth-order valence-electron chi connectivity index (χ4n) is 3.31. The van der Waals surface area contributed by atoms with E-state index in [-0.39, 0.29) is 18.8 Å². The van der Waals surface area contributed by atoms with Crippen LogP contribution in [0, 0.1) is 0 Å². The van der Waals surface area contributed by atoms with Crippen LogP contribution in [-0.4, -0.2) is 66.8 Å². The van der Waals surface area contributed by atoms with Crippen molar-refractivity contribution < 1.29 is 33.7 Å². The van der Waals surface area contributed by atoms with Gasteiger partial charge in [-0.15, -0.1) is 5.10 Å². The first-order chi connectivity index (χ1) is 16.9. The number of hydroxylamine groups is 1. The smallest absolute Gasteiger partial charge is 0.290 e. The summed E-state index contributed by atoms with van der Waals surface area (Å²) in [5, 5.41) is 15.7. The Hall–Kier alpha value is -4.32. The second kappa shape index (κ2) is 11.7. The van der Waals surface area contributed by atoms with E-state index < -0.39 is 11.8 Å². The van der Waals surface area contributed by atoms with Crippen LogP contribution >= 0.6 is 0 Å². The van der Waals surface area contributed by atoms with E-state index in [0.717, 1.165) is 0 Å². The van der Waals surface area contributed by atoms with Crippen molar-refractivity contribution in [2.45, 2.75) is 12.8 Å². The minimum atomic E-state index is -0.538. The van der Waals surface area contributed by atoms with Crippen LogP contribution in [0.25, 0.3) is 17.1 Å². The Balaban J connectivity index is 2.04. The molecule has 2 amide bonds. The van der Waals surface area contributed by atoms with Gasteiger partial charge in [0, 0.05) is 24.6 Å². The molecule has 1 aromatic heterocycles. The lowest BCUT2D eigenvalue weighted by atomic mass is 10.1. The number of nitrogens with one attached hydrogen (secondary N) is 2. The first-order valence-electron chi connectivity index (χ1n) is 10.6. The van der Waals surface area contributed by atoms with Crippen molar-refractivity contribution in [2.24, 2.45) is 0 Å². The Bertz CT molecular complexity index is 1170. The van der Waals surface area contributed by atoms with Gasteiger partial charge in [-0.3, -0.25) is 14.8 Å². The standard InChI is InChI=1S/C23H27N5O7/c1-32-16-8-5-7-15(13-16)28-22(14-11-17(33-2)20(35-4)18(12-14)34-3)25-21(26-28)23(30)24-10-6-9-19(29)27-31/h5,7-8,11-13,31H,6,9-10H2,1-4H3,(H,24,30)(H,27,29). The molecular weight excluding hydrogens is 458 g/mol. The first-order valence-corrected chi connectivity index (χ1v) is 10.6. The molecule has 0 saturated carbocycles. The molecule has 12 heteroatoms. The topological polar surface area (TPSA) is 146 Å². The van der Waals surface area contributed by atoms with Gasteiger partial charge < -0.3 is 24.3 Å². The van der Waals surface area contributed by atoms with Crippen molar-refractivity contribution in [1.29, 1.82) is 0 Å². The highest BCUT2D eigenvalue weighted by Gasteiger charge is 2.22. The van der Waals surface area contributed by atoms with Crippen molar-refractivity contribution >= 4 is 11.8 Å². The first kappa shape index (κ1) is 25.3. The number of aromatic nitrogens is 3. The number of carbonyl (C=O) groups is 2. The molecule has 0 unspecified atom stereocenters. The van der Waals surface area contributed by atoms with Gasteiger partial charge in [-0.2, -0.15) is 0 Å². The van der Waals surface area contributed by atoms with Gasteiger partial charge >= 0.3 is 0 Å². The van der Waals surface area contributed by atoms with E-state index in [1.807, 2.05) is 0 Å². The minimum Gasteiger partial charge on any atom is -0.497 e. The Kier molecular flexibility index (Phi) is 8.46. The van der Waals surface area contributed by atoms with Crippen molar-refractivity contribution in [3.8, 4) is 40.1 Å². The van der Waals surface area contributed by atoms with Crippen LogP contribution in [0.5, 0.6) is 23.0 Å². The zero-order valence-electron chi connectivity index (χ0n) is 19.8. The van der Waals surface area contributed by atoms with E-state index in [0.29, 0.717) is 46.5 Å². The van der Waals surface area contributed by atoms with Gasteiger partial charge in [-0.1, -0.05) is 6.07 Å². The molecule has 0 saturated heterocycles. The summed E-state index contributed by atoms with van der Waals surface area (Å²) in [6.45, 7) is 0.194. The van der Waals surface area contributed by atoms with E-state index in [1.54, 1.807) is 49.0 Å². The molecule has 0 atom stereocenters. The Morgan fingerprint density at radius 3 is 2.31 bits per heavy atom. The fourth-order valence-corrected chi connectivity index (χ4v) is 3.31. The van der Waals surface area contributed by atoms with Gasteiger partial charge in [0.25, 0.3) is 5.91 Å². The summed E-state index contributed by atoms with van der Waals surface area (Å²) in [6, 6.07) is 10.5. The zero-order chi connectivity index (χ0) is 25.4. The number of ether oxygens (including phenoxy) is 4. The SMILES string of the molecule is COc1cccc(-n2nc(C(=O)NCCCC(=O)NO)nc2-c2cc(OC)c(OC)c(OC)c2)c1. The maximum absolute atomic E-state index is 12.8. The van der Waals surface area contributed by atoms with Crippen LogP contribution < -0.4 is 29.7 Å². The molecular formula is C23H27N5O7. The van der Waals surface area contributed by atoms with E-state index in [4.69, 9.17) is 24.2 Å². The maximum atomic E-state index is 12.8. The number of hydrogen-bond acceptors (Lipinski definition) is 9. The molecule has 0 bridgehead atoms. The van der Waals surface area contributed by atoms with E-state index in [1.165, 1.54) is 26.0 Å². The van der Waals surface area contributed by atoms with Crippen LogP contribution in [0.2, 0.25) is 0 Å². The normalized spacial score (nSPS) is 10.4. The van der Waals surface area contributed by atoms with Gasteiger partial charge in [-0.25, -0.2) is 15.1 Å². The summed E-state index contributed by atoms with van der Waals surface area (Å²) in [6.07, 6.45) is 0.383. The van der Waals surface area contributed by atoms with Crippen LogP contribution in [0.4, 0.5) is 0 Å². The third kappa shape index (κ3) is 5.79. The Morgan fingerprint density at radius 2 is 1.71 bits per heavy atom. The molecule has 2 aromatic carbocycles. The average molecular weight is 485 g/mol. The molecule has 186 valence electrons. The highest BCUT2D eigenvalue weighted by Crippen LogP contribution is 2.41. The van der Waals surface area contributed by atoms with Crippen molar-refractivity contribution in [2.75, 3.05) is 35.0 Å². The zero-order valence-corrected chi connectivity index (χ0v) is 19.8. The molecule has 3 rings (SSSR count). The predicted molar refractivity (Wildman–Crippen MR) is 124 cm³/mol. The highest BCUT2D eigenvalue weighted by atomic mass is 16.5. The molecule has 3 N–H and O–H groups in total. The average Bonchev–Trinajstić information content (AvgIpc) is 3.35. The number of hydrogen-bond donors (Lipinski definition) is 3. The van der Waals surface area contributed by atoms with E-state index >= 15 is 0 Å². The fraction of sp³-hybridized carbons (Fsp3) is 0.304. The van der Waals surface area contributed by atoms with E-state index in [2.05, 4.69) is 15.4 Å². The largest absolute Gasteiger partial charge is 0.497 e. The summed E-state index contributed by atoms with van der Waals surface area (Å²) in [5.41, 5.74) is 2.72. The summed E-state index contributed by atoms with van der Waals surface area (Å²) in [5.74, 6) is 1.04. The summed E-state index contributed by atoms with van der Waals surface area (Å²) < 4.78 is 23.2. The predicted octanol–water partition coefficient (Wildman–Crippen LogP) is 1.98. The van der Waals surface area contributed by atoms with Crippen LogP contribution in [-0.2, 0) is 4.79 Å². The number of methoxy groups -OCH3 is 4. The highest BCUT2D eigenvalue weighted by molar-refractivity contribution is 5.91. The molecule has 0 fully saturated rings. The molecule has 35 heavy (non-hydrogen) atoms. The maximum Gasteiger partial charge on any atom is 0.290 e. The molecule has 0 aliphatic carbocycles. The third-order valence-corrected chi connectivity index (χ3v) is 5.02. The third-order valence-electron chi connectivity index (χ3n) is 5.02. The molecule has 12 nitrogen and oxygen atoms in total. The van der Waals surface area contributed by atoms with Crippen LogP contribution in [0.15, 0.2) is 36.4 Å². The molecule has 0 aliphatic rings. The van der Waals surface area contributed by atoms with Gasteiger partial charge in [0.2, 0.25) is 17.5 Å². The lowest BCUT2D eigenvalue weighted by Gasteiger charge is -2.14. The molecule has 0 aliphatic heterocycles. The van der Waals surface area contributed by atoms with Gasteiger partial charge in [0.1, 0.15) is 5.75 Å². The summed E-state index contributed by atoms with van der Waals surface area (Å²) in [4.78, 5) is 28.4. The lowest BCUT2D eigenvalue weighted by molar-refractivity contribution is -0.129. The van der Waals surface area contributed by atoms with Crippen molar-refractivity contribution in [3.63, 3.8) is 0 Å². The summed E-state index contributed by atoms with van der Waals surface area (Å²) >= 11 is 0. The molecule has 0 spiro atoms. The number of nitrogens with zero attached hydrogens (tertiary/aromatic N) is 3. The Morgan fingerprint density at radius 1 is 1.00 bits per heavy atom. The van der Waals surface area contributed by atoms with E-state index in [9.17, 15) is 9.59 Å². The second-order valence-corrected chi connectivity index (χ2v) is 7.18. The molecule has 0 radical (unpaired) electrons. The Labute approximate surface area is 201 Å². The molecule has 1 heterocycles. The van der Waals surface area contributed by atoms with Crippen LogP contribution in [0.1, 0.15) is 23.5 Å². The molecule has 3 aromatic rings. The van der Waals surface area contributed by atoms with Crippen molar-refractivity contribution in [3.05, 3.63) is 42.2 Å². The minimum absolute atomic E-state index is 0.0547. The van der Waals surface area contributed by atoms with Crippen molar-refractivity contribution in [1.82, 2.24) is 25.6 Å². The number of rotatable bonds is 11. The van der Waals surface area contributed by atoms with Gasteiger partial charge in [0.05, 0.1) is 34.1 Å². The quantitative estimate of drug-likeness (QED) is 0.211.